The molecule has 0 unspecified atom stereocenters. The summed E-state index contributed by atoms with van der Waals surface area (Å²) in [5.74, 6) is -0.243. The van der Waals surface area contributed by atoms with Gasteiger partial charge in [-0.25, -0.2) is 4.79 Å². The van der Waals surface area contributed by atoms with Crippen molar-refractivity contribution in [2.75, 3.05) is 7.11 Å². The first-order valence-corrected chi connectivity index (χ1v) is 8.63. The molecule has 2 aromatic rings. The fraction of sp³-hybridized carbons (Fsp3) is 0.0455. The summed E-state index contributed by atoms with van der Waals surface area (Å²) in [4.78, 5) is 35.3. The molecule has 0 amide bonds. The molecule has 0 saturated heterocycles. The van der Waals surface area contributed by atoms with Crippen molar-refractivity contribution in [3.8, 4) is 22.5 Å². The summed E-state index contributed by atoms with van der Waals surface area (Å²) in [5, 5.41) is 11.0. The van der Waals surface area contributed by atoms with E-state index < -0.39 is 5.97 Å². The van der Waals surface area contributed by atoms with E-state index in [9.17, 15) is 14.5 Å². The highest BCUT2D eigenvalue weighted by Crippen LogP contribution is 2.42. The molecule has 1 aliphatic heterocycles. The lowest BCUT2D eigenvalue weighted by Gasteiger charge is -2.17. The number of nitrogens with one attached hydrogen (secondary N) is 1. The van der Waals surface area contributed by atoms with Crippen LogP contribution in [-0.4, -0.2) is 19.3 Å². The van der Waals surface area contributed by atoms with Gasteiger partial charge in [0.05, 0.1) is 12.7 Å². The van der Waals surface area contributed by atoms with Crippen LogP contribution in [0.1, 0.15) is 15.9 Å². The summed E-state index contributed by atoms with van der Waals surface area (Å²) in [6.45, 7) is 0. The third kappa shape index (κ3) is 3.08. The first kappa shape index (κ1) is 18.2. The molecule has 29 heavy (non-hydrogen) atoms. The maximum atomic E-state index is 12.5. The van der Waals surface area contributed by atoms with Gasteiger partial charge in [0.2, 0.25) is 0 Å². The van der Waals surface area contributed by atoms with Gasteiger partial charge >= 0.3 is 5.97 Å². The molecule has 0 bridgehead atoms. The van der Waals surface area contributed by atoms with Crippen LogP contribution in [0.2, 0.25) is 0 Å². The van der Waals surface area contributed by atoms with E-state index in [1.165, 1.54) is 25.3 Å². The van der Waals surface area contributed by atoms with E-state index in [0.717, 1.165) is 6.21 Å². The van der Waals surface area contributed by atoms with Gasteiger partial charge < -0.3 is 14.6 Å². The predicted molar refractivity (Wildman–Crippen MR) is 109 cm³/mol. The Kier molecular flexibility index (Phi) is 4.48. The number of rotatable bonds is 4. The number of nitrogens with zero attached hydrogens (tertiary/aromatic N) is 1. The van der Waals surface area contributed by atoms with E-state index in [2.05, 4.69) is 5.18 Å². The predicted octanol–water partition coefficient (Wildman–Crippen LogP) is 4.75. The van der Waals surface area contributed by atoms with Crippen LogP contribution < -0.4 is 5.43 Å². The zero-order valence-corrected chi connectivity index (χ0v) is 15.3. The molecule has 2 aromatic carbocycles. The standard InChI is InChI=1S/C22H14N2O5/c1-28-22(26)18-8-12(11-23)2-5-15(18)21-16-6-3-13(24-27)9-19(16)29-20-10-14(25)4-7-17(20)21/h2-11,23H,1H3. The second-order valence-corrected chi connectivity index (χ2v) is 6.35. The molecule has 0 spiro atoms. The van der Waals surface area contributed by atoms with Gasteiger partial charge in [0.25, 0.3) is 0 Å². The van der Waals surface area contributed by atoms with E-state index in [4.69, 9.17) is 14.6 Å². The molecule has 7 nitrogen and oxygen atoms in total. The Bertz CT molecular complexity index is 1320. The maximum absolute atomic E-state index is 12.5. The Balaban J connectivity index is 2.17. The van der Waals surface area contributed by atoms with E-state index in [1.807, 2.05) is 0 Å². The van der Waals surface area contributed by atoms with Gasteiger partial charge in [-0.05, 0) is 46.6 Å². The highest BCUT2D eigenvalue weighted by molar-refractivity contribution is 6.08. The Morgan fingerprint density at radius 3 is 2.59 bits per heavy atom. The van der Waals surface area contributed by atoms with Crippen LogP contribution in [0.25, 0.3) is 33.4 Å². The second kappa shape index (κ2) is 7.12. The lowest BCUT2D eigenvalue weighted by Crippen LogP contribution is -2.06. The molecule has 2 aliphatic rings. The Hall–Kier alpha value is -4.13. The number of esters is 1. The summed E-state index contributed by atoms with van der Waals surface area (Å²) >= 11 is 0. The molecule has 0 atom stereocenters. The molecule has 0 aromatic heterocycles. The minimum Gasteiger partial charge on any atom is -0.465 e. The van der Waals surface area contributed by atoms with E-state index in [-0.39, 0.29) is 16.7 Å². The van der Waals surface area contributed by atoms with Gasteiger partial charge in [-0.15, -0.1) is 4.91 Å². The molecule has 0 radical (unpaired) electrons. The SMILES string of the molecule is COC(=O)c1cc(C=N)ccc1-c1c2ccc(=O)cc-2oc2cc(N=O)ccc12. The van der Waals surface area contributed by atoms with Crippen molar-refractivity contribution in [1.82, 2.24) is 0 Å². The van der Waals surface area contributed by atoms with E-state index >= 15 is 0 Å². The van der Waals surface area contributed by atoms with Gasteiger partial charge in [-0.1, -0.05) is 12.1 Å². The first-order chi connectivity index (χ1) is 14.0. The first-order valence-electron chi connectivity index (χ1n) is 8.63. The van der Waals surface area contributed by atoms with Crippen LogP contribution in [0.3, 0.4) is 0 Å². The third-order valence-corrected chi connectivity index (χ3v) is 4.67. The molecule has 142 valence electrons. The summed E-state index contributed by atoms with van der Waals surface area (Å²) in [6.07, 6.45) is 1.14. The number of nitroso groups, excluding NO2 is 1. The molecule has 1 aliphatic carbocycles. The quantitative estimate of drug-likeness (QED) is 0.236. The Morgan fingerprint density at radius 2 is 1.86 bits per heavy atom. The molecule has 0 saturated carbocycles. The van der Waals surface area contributed by atoms with E-state index in [1.54, 1.807) is 36.4 Å². The van der Waals surface area contributed by atoms with Crippen LogP contribution in [0.5, 0.6) is 0 Å². The van der Waals surface area contributed by atoms with Gasteiger partial charge in [0.1, 0.15) is 17.0 Å². The molecular formula is C22H14N2O5. The van der Waals surface area contributed by atoms with Gasteiger partial charge in [-0.3, -0.25) is 4.79 Å². The molecule has 1 N–H and O–H groups in total. The molecule has 4 rings (SSSR count). The zero-order valence-electron chi connectivity index (χ0n) is 15.3. The van der Waals surface area contributed by atoms with Crippen molar-refractivity contribution >= 4 is 28.8 Å². The van der Waals surface area contributed by atoms with Gasteiger partial charge in [0, 0.05) is 34.9 Å². The van der Waals surface area contributed by atoms with Crippen LogP contribution in [0, 0.1) is 10.3 Å². The minimum absolute atomic E-state index is 0.178. The minimum atomic E-state index is -0.558. The molecule has 1 heterocycles. The van der Waals surface area contributed by atoms with Gasteiger partial charge in [-0.2, -0.15) is 0 Å². The fourth-order valence-electron chi connectivity index (χ4n) is 3.35. The summed E-state index contributed by atoms with van der Waals surface area (Å²) in [7, 11) is 1.28. The van der Waals surface area contributed by atoms with Crippen LogP contribution >= 0.6 is 0 Å². The average molecular weight is 386 g/mol. The van der Waals surface area contributed by atoms with Crippen molar-refractivity contribution in [2.45, 2.75) is 0 Å². The summed E-state index contributed by atoms with van der Waals surface area (Å²) in [5.41, 5.74) is 2.93. The smallest absolute Gasteiger partial charge is 0.338 e. The largest absolute Gasteiger partial charge is 0.465 e. The van der Waals surface area contributed by atoms with Crippen molar-refractivity contribution in [2.24, 2.45) is 5.18 Å². The topological polar surface area (TPSA) is 110 Å². The lowest BCUT2D eigenvalue weighted by molar-refractivity contribution is 0.0601. The Labute approximate surface area is 164 Å². The Morgan fingerprint density at radius 1 is 1.07 bits per heavy atom. The second-order valence-electron chi connectivity index (χ2n) is 6.35. The van der Waals surface area contributed by atoms with Crippen LogP contribution in [0.15, 0.2) is 69.0 Å². The van der Waals surface area contributed by atoms with Crippen molar-refractivity contribution < 1.29 is 13.9 Å². The normalized spacial score (nSPS) is 10.8. The van der Waals surface area contributed by atoms with Crippen molar-refractivity contribution in [3.63, 3.8) is 0 Å². The summed E-state index contributed by atoms with van der Waals surface area (Å²) < 4.78 is 10.8. The van der Waals surface area contributed by atoms with Crippen molar-refractivity contribution in [1.29, 1.82) is 5.41 Å². The maximum Gasteiger partial charge on any atom is 0.338 e. The number of ether oxygens (including phenoxy) is 1. The number of methoxy groups -OCH3 is 1. The highest BCUT2D eigenvalue weighted by Gasteiger charge is 2.22. The number of hydrogen-bond donors (Lipinski definition) is 1. The number of fused-ring (bicyclic) bond motifs is 2. The number of hydrogen-bond acceptors (Lipinski definition) is 7. The van der Waals surface area contributed by atoms with Crippen molar-refractivity contribution in [3.05, 3.63) is 80.9 Å². The zero-order chi connectivity index (χ0) is 20.5. The molecule has 0 fully saturated rings. The average Bonchev–Trinajstić information content (AvgIpc) is 2.76. The lowest BCUT2D eigenvalue weighted by atomic mass is 9.90. The van der Waals surface area contributed by atoms with Gasteiger partial charge in [0.15, 0.2) is 5.43 Å². The molecule has 7 heteroatoms. The third-order valence-electron chi connectivity index (χ3n) is 4.67. The fourth-order valence-corrected chi connectivity index (χ4v) is 3.35. The number of carbonyl (C=O) groups is 1. The van der Waals surface area contributed by atoms with Crippen LogP contribution in [0.4, 0.5) is 5.69 Å². The van der Waals surface area contributed by atoms with Crippen LogP contribution in [-0.2, 0) is 4.74 Å². The summed E-state index contributed by atoms with van der Waals surface area (Å²) in [6, 6.07) is 14.1. The molecular weight excluding hydrogens is 372 g/mol. The number of carbonyl (C=O) groups excluding carboxylic acids is 1. The monoisotopic (exact) mass is 386 g/mol. The highest BCUT2D eigenvalue weighted by atomic mass is 16.5. The van der Waals surface area contributed by atoms with E-state index in [0.29, 0.717) is 39.0 Å². The number of benzene rings is 3.